The van der Waals surface area contributed by atoms with Gasteiger partial charge < -0.3 is 19.9 Å². The van der Waals surface area contributed by atoms with E-state index in [1.807, 2.05) is 48.5 Å². The lowest BCUT2D eigenvalue weighted by Crippen LogP contribution is -2.21. The van der Waals surface area contributed by atoms with Crippen LogP contribution in [0.15, 0.2) is 72.8 Å². The minimum Gasteiger partial charge on any atom is -0.493 e. The van der Waals surface area contributed by atoms with Crippen molar-refractivity contribution in [3.63, 3.8) is 0 Å². The third-order valence-electron chi connectivity index (χ3n) is 4.39. The van der Waals surface area contributed by atoms with Gasteiger partial charge in [-0.05, 0) is 41.0 Å². The third kappa shape index (κ3) is 5.55. The molecule has 2 N–H and O–H groups in total. The van der Waals surface area contributed by atoms with E-state index in [4.69, 9.17) is 9.47 Å². The highest BCUT2D eigenvalue weighted by Gasteiger charge is 2.09. The summed E-state index contributed by atoms with van der Waals surface area (Å²) >= 11 is 0. The number of nitrogens with one attached hydrogen (secondary N) is 1. The number of aliphatic hydroxyl groups is 1. The minimum atomic E-state index is -0.554. The van der Waals surface area contributed by atoms with E-state index in [-0.39, 0.29) is 5.82 Å². The first-order valence-electron chi connectivity index (χ1n) is 9.13. The fourth-order valence-electron chi connectivity index (χ4n) is 2.83. The zero-order chi connectivity index (χ0) is 19.8. The molecule has 0 aliphatic carbocycles. The van der Waals surface area contributed by atoms with E-state index < -0.39 is 6.10 Å². The molecule has 0 aromatic heterocycles. The Bertz CT molecular complexity index is 869. The molecule has 0 radical (unpaired) electrons. The molecule has 3 aromatic rings. The first-order valence-corrected chi connectivity index (χ1v) is 9.13. The Labute approximate surface area is 164 Å². The largest absolute Gasteiger partial charge is 0.493 e. The van der Waals surface area contributed by atoms with Gasteiger partial charge in [-0.3, -0.25) is 0 Å². The van der Waals surface area contributed by atoms with Gasteiger partial charge in [-0.2, -0.15) is 0 Å². The summed E-state index contributed by atoms with van der Waals surface area (Å²) in [7, 11) is 1.59. The van der Waals surface area contributed by atoms with Gasteiger partial charge in [0.05, 0.1) is 13.2 Å². The molecule has 4 nitrogen and oxygen atoms in total. The van der Waals surface area contributed by atoms with Crippen LogP contribution in [0, 0.1) is 5.82 Å². The second-order valence-corrected chi connectivity index (χ2v) is 6.46. The molecule has 0 saturated carbocycles. The first-order chi connectivity index (χ1) is 13.7. The van der Waals surface area contributed by atoms with E-state index in [9.17, 15) is 9.50 Å². The lowest BCUT2D eigenvalue weighted by Gasteiger charge is -2.14. The number of methoxy groups -OCH3 is 1. The Morgan fingerprint density at radius 2 is 1.64 bits per heavy atom. The molecular formula is C23H24FNO3. The number of ether oxygens (including phenoxy) is 2. The van der Waals surface area contributed by atoms with Crippen LogP contribution in [0.5, 0.6) is 11.5 Å². The summed E-state index contributed by atoms with van der Waals surface area (Å²) in [6.45, 7) is 1.38. The van der Waals surface area contributed by atoms with Gasteiger partial charge >= 0.3 is 0 Å². The maximum absolute atomic E-state index is 13.0. The van der Waals surface area contributed by atoms with E-state index in [1.54, 1.807) is 19.2 Å². The maximum atomic E-state index is 13.0. The van der Waals surface area contributed by atoms with Crippen molar-refractivity contribution in [1.29, 1.82) is 0 Å². The van der Waals surface area contributed by atoms with Crippen molar-refractivity contribution in [2.75, 3.05) is 13.7 Å². The predicted octanol–water partition coefficient (Wildman–Crippen LogP) is 4.24. The van der Waals surface area contributed by atoms with Crippen LogP contribution >= 0.6 is 0 Å². The second kappa shape index (κ2) is 9.88. The summed E-state index contributed by atoms with van der Waals surface area (Å²) in [6, 6.07) is 21.5. The zero-order valence-corrected chi connectivity index (χ0v) is 15.8. The summed E-state index contributed by atoms with van der Waals surface area (Å²) in [5.74, 6) is 0.987. The Kier molecular flexibility index (Phi) is 7.00. The van der Waals surface area contributed by atoms with Crippen molar-refractivity contribution in [2.24, 2.45) is 0 Å². The molecular weight excluding hydrogens is 357 g/mol. The molecule has 0 spiro atoms. The molecule has 0 aliphatic heterocycles. The molecule has 0 aliphatic rings. The van der Waals surface area contributed by atoms with Crippen LogP contribution in [0.1, 0.15) is 22.8 Å². The van der Waals surface area contributed by atoms with E-state index in [1.165, 1.54) is 12.1 Å². The molecule has 3 rings (SSSR count). The van der Waals surface area contributed by atoms with E-state index in [0.29, 0.717) is 31.2 Å². The van der Waals surface area contributed by atoms with Crippen LogP contribution in [-0.2, 0) is 13.2 Å². The van der Waals surface area contributed by atoms with Crippen molar-refractivity contribution >= 4 is 0 Å². The smallest absolute Gasteiger partial charge is 0.161 e. The van der Waals surface area contributed by atoms with Crippen LogP contribution in [-0.4, -0.2) is 18.8 Å². The highest BCUT2D eigenvalue weighted by Crippen LogP contribution is 2.29. The molecule has 1 atom stereocenters. The highest BCUT2D eigenvalue weighted by molar-refractivity contribution is 5.43. The van der Waals surface area contributed by atoms with Gasteiger partial charge in [0.1, 0.15) is 12.4 Å². The molecule has 3 aromatic carbocycles. The average molecular weight is 381 g/mol. The lowest BCUT2D eigenvalue weighted by atomic mass is 10.1. The van der Waals surface area contributed by atoms with Gasteiger partial charge in [-0.15, -0.1) is 0 Å². The molecule has 0 bridgehead atoms. The van der Waals surface area contributed by atoms with E-state index >= 15 is 0 Å². The first kappa shape index (κ1) is 19.9. The number of halogens is 1. The molecule has 5 heteroatoms. The van der Waals surface area contributed by atoms with Gasteiger partial charge in [0, 0.05) is 13.1 Å². The summed E-state index contributed by atoms with van der Waals surface area (Å²) in [5.41, 5.74) is 2.78. The van der Waals surface area contributed by atoms with Crippen molar-refractivity contribution in [3.05, 3.63) is 95.3 Å². The lowest BCUT2D eigenvalue weighted by molar-refractivity contribution is 0.174. The third-order valence-corrected chi connectivity index (χ3v) is 4.39. The topological polar surface area (TPSA) is 50.7 Å². The van der Waals surface area contributed by atoms with Crippen molar-refractivity contribution < 1.29 is 19.0 Å². The number of rotatable bonds is 9. The summed E-state index contributed by atoms with van der Waals surface area (Å²) in [4.78, 5) is 0. The Morgan fingerprint density at radius 3 is 2.36 bits per heavy atom. The van der Waals surface area contributed by atoms with Gasteiger partial charge in [0.15, 0.2) is 11.5 Å². The summed E-state index contributed by atoms with van der Waals surface area (Å²) < 4.78 is 24.2. The fourth-order valence-corrected chi connectivity index (χ4v) is 2.83. The van der Waals surface area contributed by atoms with Crippen molar-refractivity contribution in [3.8, 4) is 11.5 Å². The number of aliphatic hydroxyl groups excluding tert-OH is 1. The Hall–Kier alpha value is -2.89. The molecule has 1 unspecified atom stereocenters. The van der Waals surface area contributed by atoms with Crippen LogP contribution in [0.3, 0.4) is 0 Å². The fraction of sp³-hybridized carbons (Fsp3) is 0.217. The van der Waals surface area contributed by atoms with Crippen LogP contribution in [0.4, 0.5) is 4.39 Å². The van der Waals surface area contributed by atoms with E-state index in [2.05, 4.69) is 5.32 Å². The van der Waals surface area contributed by atoms with Crippen molar-refractivity contribution in [1.82, 2.24) is 5.32 Å². The summed E-state index contributed by atoms with van der Waals surface area (Å²) in [6.07, 6.45) is -0.554. The standard InChI is InChI=1S/C23H24FNO3/c1-27-23-13-18(14-25-15-21(26)19-5-3-2-4-6-19)9-12-22(23)28-16-17-7-10-20(24)11-8-17/h2-13,21,25-26H,14-16H2,1H3. The number of benzene rings is 3. The van der Waals surface area contributed by atoms with E-state index in [0.717, 1.165) is 16.7 Å². The zero-order valence-electron chi connectivity index (χ0n) is 15.8. The SMILES string of the molecule is COc1cc(CNCC(O)c2ccccc2)ccc1OCc1ccc(F)cc1. The van der Waals surface area contributed by atoms with Crippen LogP contribution in [0.25, 0.3) is 0 Å². The monoisotopic (exact) mass is 381 g/mol. The molecule has 0 saturated heterocycles. The minimum absolute atomic E-state index is 0.268. The average Bonchev–Trinajstić information content (AvgIpc) is 2.74. The molecule has 146 valence electrons. The van der Waals surface area contributed by atoms with Gasteiger partial charge in [-0.1, -0.05) is 48.5 Å². The molecule has 0 fully saturated rings. The van der Waals surface area contributed by atoms with Gasteiger partial charge in [0.25, 0.3) is 0 Å². The van der Waals surface area contributed by atoms with Crippen molar-refractivity contribution in [2.45, 2.75) is 19.3 Å². The maximum Gasteiger partial charge on any atom is 0.161 e. The Balaban J connectivity index is 1.54. The number of hydrogen-bond donors (Lipinski definition) is 2. The highest BCUT2D eigenvalue weighted by atomic mass is 19.1. The predicted molar refractivity (Wildman–Crippen MR) is 107 cm³/mol. The van der Waals surface area contributed by atoms with Gasteiger partial charge in [0.2, 0.25) is 0 Å². The normalized spacial score (nSPS) is 11.8. The molecule has 0 amide bonds. The molecule has 0 heterocycles. The second-order valence-electron chi connectivity index (χ2n) is 6.46. The van der Waals surface area contributed by atoms with Gasteiger partial charge in [-0.25, -0.2) is 4.39 Å². The Morgan fingerprint density at radius 1 is 0.929 bits per heavy atom. The number of hydrogen-bond acceptors (Lipinski definition) is 4. The quantitative estimate of drug-likeness (QED) is 0.582. The molecule has 28 heavy (non-hydrogen) atoms. The van der Waals surface area contributed by atoms with Crippen LogP contribution in [0.2, 0.25) is 0 Å². The van der Waals surface area contributed by atoms with Crippen LogP contribution < -0.4 is 14.8 Å². The summed E-state index contributed by atoms with van der Waals surface area (Å²) in [5, 5.41) is 13.5.